The smallest absolute Gasteiger partial charge is 0.247 e. The normalized spacial score (nSPS) is 20.8. The standard InChI is InChI=1S/C26H36N4O4S/c1-20-16-30(21(2)19-31)35(32,33)26-11-10-22(9-7-13-28(3)4)14-24(26)34-25(20)18-29(5)17-23-8-6-12-27-15-23/h6,8,10-12,14-15,20-21,25,31H,13,16-19H2,1-5H3/t20-,21+,25-/m1/s1. The lowest BCUT2D eigenvalue weighted by Crippen LogP contribution is -2.49. The van der Waals surface area contributed by atoms with Crippen molar-refractivity contribution in [2.75, 3.05) is 47.4 Å². The molecule has 0 saturated heterocycles. The number of hydrogen-bond donors (Lipinski definition) is 1. The number of aliphatic hydroxyl groups is 1. The van der Waals surface area contributed by atoms with E-state index in [2.05, 4.69) is 21.7 Å². The van der Waals surface area contributed by atoms with E-state index in [-0.39, 0.29) is 30.1 Å². The molecule has 3 rings (SSSR count). The number of likely N-dealkylation sites (N-methyl/N-ethyl adjacent to an activating group) is 1. The monoisotopic (exact) mass is 500 g/mol. The van der Waals surface area contributed by atoms with Gasteiger partial charge in [0.1, 0.15) is 16.7 Å². The van der Waals surface area contributed by atoms with Crippen LogP contribution in [0.15, 0.2) is 47.6 Å². The number of sulfonamides is 1. The third-order valence-electron chi connectivity index (χ3n) is 5.96. The van der Waals surface area contributed by atoms with Crippen LogP contribution in [0.5, 0.6) is 5.75 Å². The molecular weight excluding hydrogens is 464 g/mol. The molecule has 0 radical (unpaired) electrons. The van der Waals surface area contributed by atoms with Crippen LogP contribution in [0.3, 0.4) is 0 Å². The largest absolute Gasteiger partial charge is 0.487 e. The van der Waals surface area contributed by atoms with E-state index < -0.39 is 16.1 Å². The lowest BCUT2D eigenvalue weighted by atomic mass is 10.0. The van der Waals surface area contributed by atoms with Crippen LogP contribution in [0.25, 0.3) is 0 Å². The SMILES string of the molecule is C[C@@H]1CN([C@@H](C)CO)S(=O)(=O)c2ccc(C#CCN(C)C)cc2O[C@@H]1CN(C)Cc1cccnc1. The Kier molecular flexibility index (Phi) is 9.27. The Balaban J connectivity index is 1.97. The fourth-order valence-electron chi connectivity index (χ4n) is 4.00. The van der Waals surface area contributed by atoms with Crippen molar-refractivity contribution in [3.8, 4) is 17.6 Å². The molecule has 2 heterocycles. The maximum absolute atomic E-state index is 13.6. The molecule has 0 unspecified atom stereocenters. The van der Waals surface area contributed by atoms with E-state index in [9.17, 15) is 13.5 Å². The van der Waals surface area contributed by atoms with Gasteiger partial charge in [-0.1, -0.05) is 24.8 Å². The first-order chi connectivity index (χ1) is 16.6. The van der Waals surface area contributed by atoms with E-state index in [0.29, 0.717) is 30.9 Å². The van der Waals surface area contributed by atoms with E-state index in [1.807, 2.05) is 51.3 Å². The van der Waals surface area contributed by atoms with Gasteiger partial charge in [-0.05, 0) is 57.9 Å². The van der Waals surface area contributed by atoms with Crippen molar-refractivity contribution < 1.29 is 18.3 Å². The highest BCUT2D eigenvalue weighted by atomic mass is 32.2. The summed E-state index contributed by atoms with van der Waals surface area (Å²) in [5.74, 6) is 6.36. The Morgan fingerprint density at radius 3 is 2.71 bits per heavy atom. The fraction of sp³-hybridized carbons (Fsp3) is 0.500. The summed E-state index contributed by atoms with van der Waals surface area (Å²) < 4.78 is 35.0. The molecule has 0 spiro atoms. The van der Waals surface area contributed by atoms with E-state index in [0.717, 1.165) is 5.56 Å². The molecule has 0 fully saturated rings. The molecule has 1 aliphatic heterocycles. The summed E-state index contributed by atoms with van der Waals surface area (Å²) >= 11 is 0. The number of rotatable bonds is 7. The molecule has 0 amide bonds. The zero-order valence-corrected chi connectivity index (χ0v) is 22.0. The minimum atomic E-state index is -3.87. The summed E-state index contributed by atoms with van der Waals surface area (Å²) in [4.78, 5) is 8.40. The number of aliphatic hydroxyl groups excluding tert-OH is 1. The average molecular weight is 501 g/mol. The highest BCUT2D eigenvalue weighted by molar-refractivity contribution is 7.89. The first-order valence-corrected chi connectivity index (χ1v) is 13.2. The zero-order valence-electron chi connectivity index (χ0n) is 21.2. The lowest BCUT2D eigenvalue weighted by Gasteiger charge is -2.37. The van der Waals surface area contributed by atoms with Crippen LogP contribution in [0.2, 0.25) is 0 Å². The molecule has 1 N–H and O–H groups in total. The van der Waals surface area contributed by atoms with Gasteiger partial charge >= 0.3 is 0 Å². The minimum absolute atomic E-state index is 0.0998. The van der Waals surface area contributed by atoms with Gasteiger partial charge in [-0.2, -0.15) is 4.31 Å². The second kappa shape index (κ2) is 12.0. The van der Waals surface area contributed by atoms with Crippen LogP contribution in [0.1, 0.15) is 25.0 Å². The predicted octanol–water partition coefficient (Wildman–Crippen LogP) is 1.90. The third-order valence-corrected chi connectivity index (χ3v) is 7.98. The number of pyridine rings is 1. The van der Waals surface area contributed by atoms with Gasteiger partial charge in [-0.25, -0.2) is 8.42 Å². The van der Waals surface area contributed by atoms with Gasteiger partial charge in [0.25, 0.3) is 0 Å². The van der Waals surface area contributed by atoms with Crippen molar-refractivity contribution in [2.45, 2.75) is 37.4 Å². The van der Waals surface area contributed by atoms with E-state index >= 15 is 0 Å². The van der Waals surface area contributed by atoms with Gasteiger partial charge in [-0.15, -0.1) is 0 Å². The molecule has 0 aliphatic carbocycles. The van der Waals surface area contributed by atoms with Crippen LogP contribution in [0, 0.1) is 17.8 Å². The quantitative estimate of drug-likeness (QED) is 0.581. The number of fused-ring (bicyclic) bond motifs is 1. The summed E-state index contributed by atoms with van der Waals surface area (Å²) in [6.07, 6.45) is 3.31. The Morgan fingerprint density at radius 1 is 1.29 bits per heavy atom. The molecule has 1 aromatic heterocycles. The fourth-order valence-corrected chi connectivity index (χ4v) is 5.82. The van der Waals surface area contributed by atoms with Gasteiger partial charge in [0.15, 0.2) is 0 Å². The second-order valence-corrected chi connectivity index (χ2v) is 11.4. The molecule has 2 aromatic rings. The molecule has 0 bridgehead atoms. The lowest BCUT2D eigenvalue weighted by molar-refractivity contribution is 0.0733. The summed E-state index contributed by atoms with van der Waals surface area (Å²) in [7, 11) is 2.02. The molecule has 9 heteroatoms. The number of ether oxygens (including phenoxy) is 1. The number of benzene rings is 1. The van der Waals surface area contributed by atoms with Gasteiger partial charge in [0.2, 0.25) is 10.0 Å². The average Bonchev–Trinajstić information content (AvgIpc) is 2.81. The molecule has 3 atom stereocenters. The second-order valence-electron chi connectivity index (χ2n) is 9.50. The predicted molar refractivity (Wildman–Crippen MR) is 136 cm³/mol. The topological polar surface area (TPSA) is 86.2 Å². The highest BCUT2D eigenvalue weighted by Crippen LogP contribution is 2.34. The van der Waals surface area contributed by atoms with Crippen molar-refractivity contribution in [3.05, 3.63) is 53.9 Å². The summed E-state index contributed by atoms with van der Waals surface area (Å²) in [5, 5.41) is 9.80. The van der Waals surface area contributed by atoms with Crippen LogP contribution >= 0.6 is 0 Å². The Bertz CT molecular complexity index is 1140. The Hall–Kier alpha value is -2.48. The van der Waals surface area contributed by atoms with Crippen molar-refractivity contribution in [3.63, 3.8) is 0 Å². The van der Waals surface area contributed by atoms with Crippen molar-refractivity contribution >= 4 is 10.0 Å². The van der Waals surface area contributed by atoms with E-state index in [4.69, 9.17) is 4.74 Å². The summed E-state index contributed by atoms with van der Waals surface area (Å²) in [5.41, 5.74) is 1.78. The number of nitrogens with zero attached hydrogens (tertiary/aromatic N) is 4. The first kappa shape index (κ1) is 27.1. The minimum Gasteiger partial charge on any atom is -0.487 e. The molecular formula is C26H36N4O4S. The molecule has 1 aliphatic rings. The van der Waals surface area contributed by atoms with Gasteiger partial charge in [0, 0.05) is 49.6 Å². The van der Waals surface area contributed by atoms with E-state index in [1.165, 1.54) is 4.31 Å². The number of aromatic nitrogens is 1. The molecule has 1 aromatic carbocycles. The first-order valence-electron chi connectivity index (χ1n) is 11.8. The van der Waals surface area contributed by atoms with Gasteiger partial charge < -0.3 is 9.84 Å². The summed E-state index contributed by atoms with van der Waals surface area (Å²) in [6, 6.07) is 8.36. The zero-order chi connectivity index (χ0) is 25.6. The summed E-state index contributed by atoms with van der Waals surface area (Å²) in [6.45, 7) is 5.57. The van der Waals surface area contributed by atoms with Crippen molar-refractivity contribution in [1.82, 2.24) is 19.1 Å². The van der Waals surface area contributed by atoms with Crippen LogP contribution in [-0.2, 0) is 16.6 Å². The third kappa shape index (κ3) is 7.03. The van der Waals surface area contributed by atoms with Crippen LogP contribution in [-0.4, -0.2) is 92.1 Å². The van der Waals surface area contributed by atoms with Gasteiger partial charge in [-0.3, -0.25) is 14.8 Å². The highest BCUT2D eigenvalue weighted by Gasteiger charge is 2.38. The Morgan fingerprint density at radius 2 is 2.06 bits per heavy atom. The maximum atomic E-state index is 13.6. The van der Waals surface area contributed by atoms with Crippen molar-refractivity contribution in [2.24, 2.45) is 5.92 Å². The molecule has 35 heavy (non-hydrogen) atoms. The molecule has 190 valence electrons. The van der Waals surface area contributed by atoms with E-state index in [1.54, 1.807) is 31.3 Å². The van der Waals surface area contributed by atoms with Gasteiger partial charge in [0.05, 0.1) is 13.2 Å². The number of hydrogen-bond acceptors (Lipinski definition) is 7. The van der Waals surface area contributed by atoms with Crippen LogP contribution in [0.4, 0.5) is 0 Å². The Labute approximate surface area is 209 Å². The van der Waals surface area contributed by atoms with Crippen molar-refractivity contribution in [1.29, 1.82) is 0 Å². The maximum Gasteiger partial charge on any atom is 0.247 e. The van der Waals surface area contributed by atoms with Crippen LogP contribution < -0.4 is 4.74 Å². The molecule has 8 nitrogen and oxygen atoms in total. The molecule has 0 saturated carbocycles.